The Hall–Kier alpha value is -2.14. The number of aromatic nitrogens is 3. The molecule has 5 heteroatoms. The second kappa shape index (κ2) is 3.68. The summed E-state index contributed by atoms with van der Waals surface area (Å²) in [6, 6.07) is 8.16. The van der Waals surface area contributed by atoms with E-state index in [2.05, 4.69) is 16.1 Å². The summed E-state index contributed by atoms with van der Waals surface area (Å²) < 4.78 is 7.72. The van der Waals surface area contributed by atoms with E-state index in [1.54, 1.807) is 15.9 Å². The van der Waals surface area contributed by atoms with Gasteiger partial charge in [-0.25, -0.2) is 9.50 Å². The van der Waals surface area contributed by atoms with Crippen molar-refractivity contribution in [3.8, 4) is 11.5 Å². The van der Waals surface area contributed by atoms with Gasteiger partial charge in [0, 0.05) is 5.39 Å². The van der Waals surface area contributed by atoms with Crippen molar-refractivity contribution in [1.82, 2.24) is 14.6 Å². The number of furan rings is 1. The molecule has 3 aromatic heterocycles. The van der Waals surface area contributed by atoms with Crippen LogP contribution >= 0.6 is 11.3 Å². The second-order valence-corrected chi connectivity index (χ2v) is 5.74. The molecule has 94 valence electrons. The SMILES string of the molecule is Cc1nn2cc(-c3cc4cccc(C)c4o3)nc2s1. The van der Waals surface area contributed by atoms with Gasteiger partial charge in [0.05, 0.1) is 6.20 Å². The maximum atomic E-state index is 5.92. The van der Waals surface area contributed by atoms with E-state index in [9.17, 15) is 0 Å². The monoisotopic (exact) mass is 269 g/mol. The summed E-state index contributed by atoms with van der Waals surface area (Å²) in [4.78, 5) is 5.45. The maximum Gasteiger partial charge on any atom is 0.212 e. The fourth-order valence-corrected chi connectivity index (χ4v) is 2.98. The molecule has 0 aliphatic rings. The van der Waals surface area contributed by atoms with Crippen LogP contribution in [0.3, 0.4) is 0 Å². The normalized spacial score (nSPS) is 11.7. The van der Waals surface area contributed by atoms with Gasteiger partial charge in [-0.15, -0.1) is 0 Å². The average molecular weight is 269 g/mol. The molecule has 0 fully saturated rings. The molecular formula is C14H11N3OS. The Morgan fingerprint density at radius 2 is 2.16 bits per heavy atom. The fraction of sp³-hybridized carbons (Fsp3) is 0.143. The first-order valence-electron chi connectivity index (χ1n) is 6.03. The van der Waals surface area contributed by atoms with Crippen molar-refractivity contribution in [3.05, 3.63) is 41.0 Å². The number of rotatable bonds is 1. The Bertz CT molecular complexity index is 868. The lowest BCUT2D eigenvalue weighted by atomic mass is 10.2. The van der Waals surface area contributed by atoms with E-state index in [1.807, 2.05) is 38.2 Å². The lowest BCUT2D eigenvalue weighted by molar-refractivity contribution is 0.626. The highest BCUT2D eigenvalue weighted by Gasteiger charge is 2.12. The van der Waals surface area contributed by atoms with E-state index in [4.69, 9.17) is 4.42 Å². The average Bonchev–Trinajstić information content (AvgIpc) is 3.00. The van der Waals surface area contributed by atoms with Gasteiger partial charge in [-0.2, -0.15) is 5.10 Å². The van der Waals surface area contributed by atoms with Gasteiger partial charge >= 0.3 is 0 Å². The van der Waals surface area contributed by atoms with Crippen LogP contribution in [0.2, 0.25) is 0 Å². The van der Waals surface area contributed by atoms with Crippen LogP contribution in [0.15, 0.2) is 34.9 Å². The summed E-state index contributed by atoms with van der Waals surface area (Å²) in [6.07, 6.45) is 1.91. The van der Waals surface area contributed by atoms with Crippen LogP contribution < -0.4 is 0 Å². The number of aryl methyl sites for hydroxylation is 2. The summed E-state index contributed by atoms with van der Waals surface area (Å²) in [6.45, 7) is 4.02. The number of nitrogens with zero attached hydrogens (tertiary/aromatic N) is 3. The minimum Gasteiger partial charge on any atom is -0.454 e. The van der Waals surface area contributed by atoms with Crippen LogP contribution in [0.5, 0.6) is 0 Å². The summed E-state index contributed by atoms with van der Waals surface area (Å²) in [5.74, 6) is 0.791. The standard InChI is InChI=1S/C14H11N3OS/c1-8-4-3-5-10-6-12(18-13(8)10)11-7-17-14(15-11)19-9(2)16-17/h3-7H,1-2H3. The third kappa shape index (κ3) is 1.58. The highest BCUT2D eigenvalue weighted by molar-refractivity contribution is 7.16. The van der Waals surface area contributed by atoms with Crippen LogP contribution in [-0.2, 0) is 0 Å². The van der Waals surface area contributed by atoms with Gasteiger partial charge < -0.3 is 4.42 Å². The molecular weight excluding hydrogens is 258 g/mol. The third-order valence-corrected chi connectivity index (χ3v) is 3.98. The van der Waals surface area contributed by atoms with E-state index in [1.165, 1.54) is 0 Å². The summed E-state index contributed by atoms with van der Waals surface area (Å²) in [5, 5.41) is 6.48. The molecule has 0 aliphatic carbocycles. The van der Waals surface area contributed by atoms with Gasteiger partial charge in [0.2, 0.25) is 4.96 Å². The van der Waals surface area contributed by atoms with Crippen LogP contribution in [0.1, 0.15) is 10.6 Å². The van der Waals surface area contributed by atoms with Crippen molar-refractivity contribution in [2.75, 3.05) is 0 Å². The number of imidazole rings is 1. The first-order valence-corrected chi connectivity index (χ1v) is 6.85. The number of para-hydroxylation sites is 1. The van der Waals surface area contributed by atoms with Crippen LogP contribution in [0, 0.1) is 13.8 Å². The molecule has 3 heterocycles. The molecule has 0 unspecified atom stereocenters. The topological polar surface area (TPSA) is 43.3 Å². The van der Waals surface area contributed by atoms with Gasteiger partial charge in [-0.1, -0.05) is 29.5 Å². The molecule has 19 heavy (non-hydrogen) atoms. The van der Waals surface area contributed by atoms with E-state index < -0.39 is 0 Å². The number of hydrogen-bond acceptors (Lipinski definition) is 4. The summed E-state index contributed by atoms with van der Waals surface area (Å²) >= 11 is 1.58. The number of benzene rings is 1. The third-order valence-electron chi connectivity index (χ3n) is 3.14. The zero-order valence-electron chi connectivity index (χ0n) is 10.5. The summed E-state index contributed by atoms with van der Waals surface area (Å²) in [7, 11) is 0. The lowest BCUT2D eigenvalue weighted by Crippen LogP contribution is -1.79. The molecule has 0 saturated heterocycles. The molecule has 1 aromatic carbocycles. The van der Waals surface area contributed by atoms with Crippen molar-refractivity contribution in [3.63, 3.8) is 0 Å². The van der Waals surface area contributed by atoms with Crippen molar-refractivity contribution in [2.45, 2.75) is 13.8 Å². The molecule has 0 bridgehead atoms. The highest BCUT2D eigenvalue weighted by Crippen LogP contribution is 2.29. The van der Waals surface area contributed by atoms with Crippen molar-refractivity contribution >= 4 is 27.3 Å². The zero-order chi connectivity index (χ0) is 13.0. The first-order chi connectivity index (χ1) is 9.20. The number of hydrogen-bond donors (Lipinski definition) is 0. The van der Waals surface area contributed by atoms with E-state index >= 15 is 0 Å². The van der Waals surface area contributed by atoms with Crippen LogP contribution in [0.4, 0.5) is 0 Å². The first kappa shape index (κ1) is 10.8. The molecule has 4 nitrogen and oxygen atoms in total. The highest BCUT2D eigenvalue weighted by atomic mass is 32.1. The molecule has 0 N–H and O–H groups in total. The second-order valence-electron chi connectivity index (χ2n) is 4.58. The van der Waals surface area contributed by atoms with Gasteiger partial charge in [-0.3, -0.25) is 0 Å². The Balaban J connectivity index is 1.93. The Morgan fingerprint density at radius 3 is 2.95 bits per heavy atom. The molecule has 4 rings (SSSR count). The van der Waals surface area contributed by atoms with Gasteiger partial charge in [-0.05, 0) is 25.5 Å². The predicted octanol–water partition coefficient (Wildman–Crippen LogP) is 3.82. The molecule has 4 aromatic rings. The molecule has 0 radical (unpaired) electrons. The summed E-state index contributed by atoms with van der Waals surface area (Å²) in [5.41, 5.74) is 2.89. The van der Waals surface area contributed by atoms with E-state index in [0.717, 1.165) is 38.0 Å². The molecule has 0 spiro atoms. The van der Waals surface area contributed by atoms with Gasteiger partial charge in [0.1, 0.15) is 16.3 Å². The Morgan fingerprint density at radius 1 is 1.26 bits per heavy atom. The largest absolute Gasteiger partial charge is 0.454 e. The minimum atomic E-state index is 0.791. The molecule has 0 atom stereocenters. The maximum absolute atomic E-state index is 5.92. The minimum absolute atomic E-state index is 0.791. The van der Waals surface area contributed by atoms with Gasteiger partial charge in [0.25, 0.3) is 0 Å². The lowest BCUT2D eigenvalue weighted by Gasteiger charge is -1.91. The van der Waals surface area contributed by atoms with E-state index in [-0.39, 0.29) is 0 Å². The number of fused-ring (bicyclic) bond motifs is 2. The van der Waals surface area contributed by atoms with Crippen LogP contribution in [0.25, 0.3) is 27.4 Å². The van der Waals surface area contributed by atoms with Crippen LogP contribution in [-0.4, -0.2) is 14.6 Å². The van der Waals surface area contributed by atoms with Crippen molar-refractivity contribution < 1.29 is 4.42 Å². The Labute approximate surface area is 113 Å². The molecule has 0 amide bonds. The fourth-order valence-electron chi connectivity index (χ4n) is 2.25. The smallest absolute Gasteiger partial charge is 0.212 e. The van der Waals surface area contributed by atoms with Crippen molar-refractivity contribution in [2.24, 2.45) is 0 Å². The zero-order valence-corrected chi connectivity index (χ0v) is 11.4. The van der Waals surface area contributed by atoms with Crippen molar-refractivity contribution in [1.29, 1.82) is 0 Å². The molecule has 0 saturated carbocycles. The van der Waals surface area contributed by atoms with Gasteiger partial charge in [0.15, 0.2) is 5.76 Å². The molecule has 0 aliphatic heterocycles. The van der Waals surface area contributed by atoms with E-state index in [0.29, 0.717) is 0 Å². The predicted molar refractivity (Wildman–Crippen MR) is 75.5 cm³/mol. The Kier molecular flexibility index (Phi) is 2.08. The quantitative estimate of drug-likeness (QED) is 0.527.